The van der Waals surface area contributed by atoms with E-state index in [2.05, 4.69) is 10.0 Å². The van der Waals surface area contributed by atoms with Crippen molar-refractivity contribution in [3.05, 3.63) is 69.8 Å². The molecule has 0 radical (unpaired) electrons. The maximum Gasteiger partial charge on any atom is 0.420 e. The van der Waals surface area contributed by atoms with Crippen LogP contribution in [0.5, 0.6) is 0 Å². The van der Waals surface area contributed by atoms with Crippen LogP contribution in [0, 0.1) is 0 Å². The van der Waals surface area contributed by atoms with E-state index < -0.39 is 23.9 Å². The van der Waals surface area contributed by atoms with Crippen LogP contribution in [0.2, 0.25) is 0 Å². The lowest BCUT2D eigenvalue weighted by Gasteiger charge is -2.35. The van der Waals surface area contributed by atoms with E-state index in [1.54, 1.807) is 35.2 Å². The summed E-state index contributed by atoms with van der Waals surface area (Å²) in [5.41, 5.74) is 8.43. The molecule has 1 saturated heterocycles. The molecular formula is C23H21F5N4O2. The second-order valence-corrected chi connectivity index (χ2v) is 8.24. The Morgan fingerprint density at radius 1 is 1.09 bits per heavy atom. The van der Waals surface area contributed by atoms with Crippen molar-refractivity contribution in [2.24, 2.45) is 5.11 Å². The molecule has 0 amide bonds. The van der Waals surface area contributed by atoms with Gasteiger partial charge in [-0.15, -0.1) is 0 Å². The van der Waals surface area contributed by atoms with Gasteiger partial charge in [0.15, 0.2) is 0 Å². The average molecular weight is 480 g/mol. The van der Waals surface area contributed by atoms with Crippen molar-refractivity contribution < 1.29 is 31.5 Å². The van der Waals surface area contributed by atoms with Gasteiger partial charge in [-0.05, 0) is 40.4 Å². The largest absolute Gasteiger partial charge is 0.460 e. The molecule has 2 aromatic carbocycles. The van der Waals surface area contributed by atoms with E-state index in [1.165, 1.54) is 6.07 Å². The van der Waals surface area contributed by atoms with E-state index in [0.717, 1.165) is 6.07 Å². The number of likely N-dealkylation sites (tertiary alicyclic amines) is 1. The average Bonchev–Trinajstić information content (AvgIpc) is 3.20. The summed E-state index contributed by atoms with van der Waals surface area (Å²) in [5, 5.41) is 14.2. The molecular weight excluding hydrogens is 459 g/mol. The molecule has 1 aliphatic heterocycles. The molecule has 11 heteroatoms. The number of aliphatic hydroxyl groups is 1. The molecule has 1 aromatic heterocycles. The van der Waals surface area contributed by atoms with Crippen molar-refractivity contribution in [3.8, 4) is 11.1 Å². The minimum atomic E-state index is -4.65. The van der Waals surface area contributed by atoms with Gasteiger partial charge in [-0.3, -0.25) is 4.90 Å². The van der Waals surface area contributed by atoms with Gasteiger partial charge in [0.1, 0.15) is 17.6 Å². The number of rotatable bonds is 6. The van der Waals surface area contributed by atoms with Crippen molar-refractivity contribution in [1.82, 2.24) is 4.90 Å². The number of alkyl halides is 5. The molecule has 4 rings (SSSR count). The minimum Gasteiger partial charge on any atom is -0.460 e. The van der Waals surface area contributed by atoms with Crippen LogP contribution >= 0.6 is 0 Å². The van der Waals surface area contributed by atoms with Crippen molar-refractivity contribution in [2.45, 2.75) is 37.6 Å². The molecule has 34 heavy (non-hydrogen) atoms. The number of aliphatic hydroxyl groups excluding tert-OH is 1. The van der Waals surface area contributed by atoms with Gasteiger partial charge in [-0.2, -0.15) is 13.2 Å². The van der Waals surface area contributed by atoms with Gasteiger partial charge in [0, 0.05) is 49.2 Å². The summed E-state index contributed by atoms with van der Waals surface area (Å²) >= 11 is 0. The molecule has 3 aromatic rings. The Bertz CT molecular complexity index is 1210. The fraction of sp³-hybridized carbons (Fsp3) is 0.391. The number of hydrogen-bond acceptors (Lipinski definition) is 4. The van der Waals surface area contributed by atoms with Gasteiger partial charge in [-0.1, -0.05) is 29.4 Å². The molecule has 0 saturated carbocycles. The van der Waals surface area contributed by atoms with Crippen LogP contribution in [-0.2, 0) is 12.6 Å². The normalized spacial score (nSPS) is 17.5. The van der Waals surface area contributed by atoms with Crippen LogP contribution in [-0.4, -0.2) is 35.6 Å². The summed E-state index contributed by atoms with van der Waals surface area (Å²) in [6, 6.07) is 10.4. The van der Waals surface area contributed by atoms with Gasteiger partial charge >= 0.3 is 6.18 Å². The maximum absolute atomic E-state index is 13.7. The lowest BCUT2D eigenvalue weighted by atomic mass is 9.98. The Hall–Kier alpha value is -3.14. The summed E-state index contributed by atoms with van der Waals surface area (Å²) in [7, 11) is 0. The third-order valence-electron chi connectivity index (χ3n) is 5.91. The third kappa shape index (κ3) is 5.16. The topological polar surface area (TPSA) is 85.4 Å². The molecule has 1 N–H and O–H groups in total. The van der Waals surface area contributed by atoms with E-state index >= 15 is 0 Å². The van der Waals surface area contributed by atoms with Gasteiger partial charge in [0.25, 0.3) is 5.92 Å². The summed E-state index contributed by atoms with van der Waals surface area (Å²) in [6.07, 6.45) is -6.23. The van der Waals surface area contributed by atoms with Crippen LogP contribution in [0.25, 0.3) is 32.5 Å². The van der Waals surface area contributed by atoms with Crippen molar-refractivity contribution in [1.29, 1.82) is 0 Å². The molecule has 1 aliphatic rings. The predicted molar refractivity (Wildman–Crippen MR) is 115 cm³/mol. The minimum absolute atomic E-state index is 0.0457. The number of hydrogen-bond donors (Lipinski definition) is 1. The highest BCUT2D eigenvalue weighted by Gasteiger charge is 2.37. The first kappa shape index (κ1) is 24.0. The number of furan rings is 1. The number of piperidine rings is 1. The van der Waals surface area contributed by atoms with Gasteiger partial charge in [0.05, 0.1) is 5.56 Å². The van der Waals surface area contributed by atoms with Gasteiger partial charge in [-0.25, -0.2) is 8.78 Å². The summed E-state index contributed by atoms with van der Waals surface area (Å²) in [5.74, 6) is -2.46. The van der Waals surface area contributed by atoms with Crippen molar-refractivity contribution in [3.63, 3.8) is 0 Å². The highest BCUT2D eigenvalue weighted by atomic mass is 19.4. The van der Waals surface area contributed by atoms with Crippen LogP contribution in [0.1, 0.15) is 36.0 Å². The quantitative estimate of drug-likeness (QED) is 0.185. The standard InChI is InChI=1S/C23H21F5N4O2/c24-22(25)6-9-32(10-7-22)21(33)15-3-1-14(2-4-15)16-11-17-12-18(5-8-30-31-29)34-20(17)19(13-16)23(26,27)28/h1-4,11-13,21,33H,5-10H2. The first-order chi connectivity index (χ1) is 16.1. The molecule has 6 nitrogen and oxygen atoms in total. The predicted octanol–water partition coefficient (Wildman–Crippen LogP) is 6.69. The Morgan fingerprint density at radius 3 is 2.38 bits per heavy atom. The highest BCUT2D eigenvalue weighted by Crippen LogP contribution is 2.40. The lowest BCUT2D eigenvalue weighted by Crippen LogP contribution is -2.41. The maximum atomic E-state index is 13.7. The van der Waals surface area contributed by atoms with E-state index in [1.807, 2.05) is 0 Å². The number of azide groups is 1. The molecule has 0 spiro atoms. The third-order valence-corrected chi connectivity index (χ3v) is 5.91. The van der Waals surface area contributed by atoms with Crippen molar-refractivity contribution in [2.75, 3.05) is 19.6 Å². The second-order valence-electron chi connectivity index (χ2n) is 8.24. The SMILES string of the molecule is [N-]=[N+]=NCCc1cc2cc(-c3ccc(C(O)N4CCC(F)(F)CC4)cc3)cc(C(F)(F)F)c2o1. The number of fused-ring (bicyclic) bond motifs is 1. The summed E-state index contributed by atoms with van der Waals surface area (Å²) < 4.78 is 73.4. The fourth-order valence-electron chi connectivity index (χ4n) is 4.07. The first-order valence-corrected chi connectivity index (χ1v) is 10.6. The highest BCUT2D eigenvalue weighted by molar-refractivity contribution is 5.87. The summed E-state index contributed by atoms with van der Waals surface area (Å²) in [6.45, 7) is 0.150. The number of halogens is 5. The zero-order chi connectivity index (χ0) is 24.5. The number of nitrogens with zero attached hydrogens (tertiary/aromatic N) is 4. The van der Waals surface area contributed by atoms with Gasteiger partial charge < -0.3 is 9.52 Å². The molecule has 0 bridgehead atoms. The van der Waals surface area contributed by atoms with Crippen LogP contribution < -0.4 is 0 Å². The number of benzene rings is 2. The van der Waals surface area contributed by atoms with E-state index in [4.69, 9.17) is 9.95 Å². The fourth-order valence-corrected chi connectivity index (χ4v) is 4.07. The molecule has 2 heterocycles. The zero-order valence-corrected chi connectivity index (χ0v) is 17.9. The van der Waals surface area contributed by atoms with Gasteiger partial charge in [0.2, 0.25) is 0 Å². The molecule has 180 valence electrons. The smallest absolute Gasteiger partial charge is 0.420 e. The Morgan fingerprint density at radius 2 is 1.76 bits per heavy atom. The Balaban J connectivity index is 1.62. The molecule has 0 aliphatic carbocycles. The lowest BCUT2D eigenvalue weighted by molar-refractivity contribution is -0.136. The molecule has 1 unspecified atom stereocenters. The van der Waals surface area contributed by atoms with Crippen LogP contribution in [0.15, 0.2) is 52.0 Å². The molecule has 1 fully saturated rings. The first-order valence-electron chi connectivity index (χ1n) is 10.6. The Kier molecular flexibility index (Phi) is 6.53. The summed E-state index contributed by atoms with van der Waals surface area (Å²) in [4.78, 5) is 4.17. The second kappa shape index (κ2) is 9.25. The van der Waals surface area contributed by atoms with Crippen LogP contribution in [0.4, 0.5) is 22.0 Å². The van der Waals surface area contributed by atoms with E-state index in [-0.39, 0.29) is 55.6 Å². The van der Waals surface area contributed by atoms with E-state index in [0.29, 0.717) is 16.7 Å². The zero-order valence-electron chi connectivity index (χ0n) is 17.9. The van der Waals surface area contributed by atoms with Crippen molar-refractivity contribution >= 4 is 11.0 Å². The molecule has 1 atom stereocenters. The van der Waals surface area contributed by atoms with E-state index in [9.17, 15) is 27.1 Å². The monoisotopic (exact) mass is 480 g/mol. The Labute approximate surface area is 191 Å². The van der Waals surface area contributed by atoms with Crippen LogP contribution in [0.3, 0.4) is 0 Å².